The summed E-state index contributed by atoms with van der Waals surface area (Å²) in [6.07, 6.45) is 2.57. The average molecular weight is 607 g/mol. The molecule has 3 atom stereocenters. The summed E-state index contributed by atoms with van der Waals surface area (Å²) < 4.78 is 14.4. The molecule has 206 valence electrons. The minimum Gasteiger partial charge on any atom is -0.498 e. The number of piperidine rings is 1. The van der Waals surface area contributed by atoms with Crippen LogP contribution in [0.1, 0.15) is 36.0 Å². The third kappa shape index (κ3) is 4.52. The number of halogens is 2. The Labute approximate surface area is 238 Å². The Bertz CT molecular complexity index is 1630. The Morgan fingerprint density at radius 2 is 2.08 bits per heavy atom. The number of likely N-dealkylation sites (tertiary alicyclic amines) is 1. The molecule has 3 amide bonds. The van der Waals surface area contributed by atoms with Crippen LogP contribution in [0, 0.1) is 12.7 Å². The molecule has 2 aliphatic heterocycles. The predicted molar refractivity (Wildman–Crippen MR) is 151 cm³/mol. The number of carbonyl (C=O) groups excluding carboxylic acids is 2. The molecule has 0 radical (unpaired) electrons. The molecule has 4 heterocycles. The minimum absolute atomic E-state index is 0.208. The van der Waals surface area contributed by atoms with Gasteiger partial charge in [0.15, 0.2) is 0 Å². The van der Waals surface area contributed by atoms with Crippen LogP contribution in [-0.4, -0.2) is 50.8 Å². The van der Waals surface area contributed by atoms with Crippen molar-refractivity contribution in [2.24, 2.45) is 0 Å². The number of fused-ring (bicyclic) bond motifs is 2. The lowest BCUT2D eigenvalue weighted by molar-refractivity contribution is -0.268. The first kappa shape index (κ1) is 26.4. The van der Waals surface area contributed by atoms with Gasteiger partial charge in [0.2, 0.25) is 5.82 Å². The monoisotopic (exact) mass is 606 g/mol. The quantitative estimate of drug-likeness (QED) is 0.244. The van der Waals surface area contributed by atoms with E-state index in [1.165, 1.54) is 6.07 Å². The number of hydrogen-bond acceptors (Lipinski definition) is 5. The average Bonchev–Trinajstić information content (AvgIpc) is 3.41. The molecule has 11 heteroatoms. The van der Waals surface area contributed by atoms with Gasteiger partial charge in [-0.2, -0.15) is 10.1 Å². The summed E-state index contributed by atoms with van der Waals surface area (Å²) in [4.78, 5) is 32.4. The second-order valence-electron chi connectivity index (χ2n) is 10.6. The first-order chi connectivity index (χ1) is 19.3. The van der Waals surface area contributed by atoms with Crippen molar-refractivity contribution in [3.8, 4) is 0 Å². The molecular formula is C29H28BrFN6O3. The zero-order chi connectivity index (χ0) is 28.0. The number of pyridine rings is 1. The van der Waals surface area contributed by atoms with E-state index < -0.39 is 22.4 Å². The summed E-state index contributed by atoms with van der Waals surface area (Å²) in [6.45, 7) is 2.48. The van der Waals surface area contributed by atoms with Crippen LogP contribution in [0.4, 0.5) is 25.5 Å². The number of carboxylic acid groups (broad SMARTS) is 1. The number of para-hydroxylation sites is 1. The number of urea groups is 1. The zero-order valence-electron chi connectivity index (χ0n) is 21.9. The van der Waals surface area contributed by atoms with Gasteiger partial charge in [-0.3, -0.25) is 5.10 Å². The summed E-state index contributed by atoms with van der Waals surface area (Å²) in [6, 6.07) is 13.1. The number of anilines is 1. The fourth-order valence-electron chi connectivity index (χ4n) is 6.38. The van der Waals surface area contributed by atoms with E-state index in [-0.39, 0.29) is 30.8 Å². The highest BCUT2D eigenvalue weighted by molar-refractivity contribution is 9.10. The van der Waals surface area contributed by atoms with Crippen LogP contribution in [-0.2, 0) is 13.0 Å². The number of nitrogens with zero attached hydrogens (tertiary/aromatic N) is 4. The number of rotatable bonds is 5. The molecule has 40 heavy (non-hydrogen) atoms. The Balaban J connectivity index is 1.34. The summed E-state index contributed by atoms with van der Waals surface area (Å²) in [5.41, 5.74) is 4.02. The van der Waals surface area contributed by atoms with E-state index in [1.807, 2.05) is 6.92 Å². The molecule has 0 spiro atoms. The van der Waals surface area contributed by atoms with Crippen LogP contribution in [0.15, 0.2) is 59.3 Å². The van der Waals surface area contributed by atoms with E-state index in [9.17, 15) is 19.1 Å². The maximum absolute atomic E-state index is 14.3. The summed E-state index contributed by atoms with van der Waals surface area (Å²) in [7, 11) is 0. The van der Waals surface area contributed by atoms with Gasteiger partial charge in [-0.25, -0.2) is 13.7 Å². The van der Waals surface area contributed by atoms with E-state index in [1.54, 1.807) is 41.4 Å². The van der Waals surface area contributed by atoms with Crippen molar-refractivity contribution in [3.63, 3.8) is 0 Å². The van der Waals surface area contributed by atoms with Crippen LogP contribution < -0.4 is 14.9 Å². The Morgan fingerprint density at radius 1 is 1.25 bits per heavy atom. The van der Waals surface area contributed by atoms with Crippen LogP contribution in [0.2, 0.25) is 0 Å². The number of hydrogen-bond donors (Lipinski definition) is 2. The summed E-state index contributed by atoms with van der Waals surface area (Å²) in [5, 5.41) is 23.9. The maximum Gasteiger partial charge on any atom is 0.322 e. The number of aryl methyl sites for hydroxylation is 2. The highest BCUT2D eigenvalue weighted by atomic mass is 79.9. The Kier molecular flexibility index (Phi) is 6.79. The molecule has 0 aliphatic carbocycles. The largest absolute Gasteiger partial charge is 0.498 e. The van der Waals surface area contributed by atoms with Crippen molar-refractivity contribution in [3.05, 3.63) is 81.8 Å². The molecule has 2 aromatic heterocycles. The third-order valence-electron chi connectivity index (χ3n) is 8.36. The van der Waals surface area contributed by atoms with E-state index >= 15 is 0 Å². The summed E-state index contributed by atoms with van der Waals surface area (Å²) >= 11 is 3.39. The molecule has 6 rings (SSSR count). The van der Waals surface area contributed by atoms with Crippen molar-refractivity contribution in [1.29, 1.82) is 0 Å². The smallest absolute Gasteiger partial charge is 0.322 e. The van der Waals surface area contributed by atoms with Gasteiger partial charge in [-0.15, -0.1) is 0 Å². The van der Waals surface area contributed by atoms with Gasteiger partial charge in [-0.05, 0) is 64.2 Å². The Hall–Kier alpha value is -3.83. The normalized spacial score (nSPS) is 22.7. The van der Waals surface area contributed by atoms with E-state index in [0.717, 1.165) is 22.0 Å². The number of quaternary nitrogens is 1. The number of aromatic amines is 1. The van der Waals surface area contributed by atoms with E-state index in [2.05, 4.69) is 48.6 Å². The second-order valence-corrected chi connectivity index (χ2v) is 11.4. The molecule has 2 aromatic carbocycles. The van der Waals surface area contributed by atoms with Crippen molar-refractivity contribution in [1.82, 2.24) is 24.6 Å². The Morgan fingerprint density at radius 3 is 2.88 bits per heavy atom. The number of amides is 3. The molecule has 1 fully saturated rings. The zero-order valence-corrected chi connectivity index (χ0v) is 23.4. The molecule has 0 bridgehead atoms. The summed E-state index contributed by atoms with van der Waals surface area (Å²) in [5.74, 6) is -0.0694. The number of carbonyl (C=O) groups is 2. The number of H-pyrrole nitrogens is 1. The van der Waals surface area contributed by atoms with Gasteiger partial charge in [0.25, 0.3) is 6.09 Å². The third-order valence-corrected chi connectivity index (χ3v) is 8.81. The van der Waals surface area contributed by atoms with Crippen LogP contribution in [0.5, 0.6) is 0 Å². The predicted octanol–water partition coefficient (Wildman–Crippen LogP) is 5.03. The highest BCUT2D eigenvalue weighted by Gasteiger charge is 2.49. The molecule has 9 nitrogen and oxygen atoms in total. The first-order valence-electron chi connectivity index (χ1n) is 13.3. The number of aromatic nitrogens is 3. The molecule has 1 saturated heterocycles. The van der Waals surface area contributed by atoms with Crippen LogP contribution >= 0.6 is 15.9 Å². The molecule has 2 aliphatic rings. The van der Waals surface area contributed by atoms with Crippen LogP contribution in [0.25, 0.3) is 10.9 Å². The SMILES string of the molecule is Cc1cc(CCC2CC(N3Cc4cccc(F)c4NC3=O)CC[N+]2(C(=O)[O-])c2cccc(Br)n2)cc2cn[nH]c12. The van der Waals surface area contributed by atoms with Crippen molar-refractivity contribution in [2.75, 3.05) is 11.9 Å². The lowest BCUT2D eigenvalue weighted by Gasteiger charge is -2.50. The lowest BCUT2D eigenvalue weighted by atomic mass is 9.88. The highest BCUT2D eigenvalue weighted by Crippen LogP contribution is 2.38. The van der Waals surface area contributed by atoms with E-state index in [0.29, 0.717) is 41.7 Å². The van der Waals surface area contributed by atoms with Gasteiger partial charge >= 0.3 is 6.03 Å². The molecule has 4 aromatic rings. The minimum atomic E-state index is -1.22. The molecule has 3 unspecified atom stereocenters. The van der Waals surface area contributed by atoms with Crippen molar-refractivity contribution in [2.45, 2.75) is 51.2 Å². The lowest BCUT2D eigenvalue weighted by Crippen LogP contribution is -2.70. The molecule has 0 saturated carbocycles. The van der Waals surface area contributed by atoms with Gasteiger partial charge in [0.05, 0.1) is 23.9 Å². The van der Waals surface area contributed by atoms with Crippen LogP contribution in [0.3, 0.4) is 0 Å². The first-order valence-corrected chi connectivity index (χ1v) is 14.1. The van der Waals surface area contributed by atoms with Crippen molar-refractivity contribution >= 4 is 50.5 Å². The molecular weight excluding hydrogens is 579 g/mol. The van der Waals surface area contributed by atoms with Gasteiger partial charge < -0.3 is 20.1 Å². The molecule has 2 N–H and O–H groups in total. The van der Waals surface area contributed by atoms with Gasteiger partial charge in [-0.1, -0.05) is 24.3 Å². The number of nitrogens with one attached hydrogen (secondary N) is 2. The fraction of sp³-hybridized carbons (Fsp3) is 0.310. The second kappa shape index (κ2) is 10.3. The van der Waals surface area contributed by atoms with Gasteiger partial charge in [0, 0.05) is 43.3 Å². The maximum atomic E-state index is 14.3. The van der Waals surface area contributed by atoms with E-state index in [4.69, 9.17) is 0 Å². The topological polar surface area (TPSA) is 114 Å². The number of benzene rings is 2. The fourth-order valence-corrected chi connectivity index (χ4v) is 6.72. The van der Waals surface area contributed by atoms with Gasteiger partial charge in [0.1, 0.15) is 16.5 Å². The van der Waals surface area contributed by atoms with Crippen molar-refractivity contribution < 1.29 is 19.1 Å². The standard InChI is InChI=1S/C29H28BrFN6O3/c1-17-12-18(13-20-15-32-35-26(17)20)8-9-22-14-21(36-16-19-4-2-5-23(31)27(19)34-28(36)38)10-11-37(22,29(39)40)25-7-3-6-24(30)33-25/h2-7,12-13,15,21-22H,8-11,14,16H2,1H3,(H2-,32,34,35,38,39,40).